The van der Waals surface area contributed by atoms with Crippen LogP contribution in [0.25, 0.3) is 0 Å². The summed E-state index contributed by atoms with van der Waals surface area (Å²) in [4.78, 5) is 30.4. The van der Waals surface area contributed by atoms with Crippen molar-refractivity contribution in [3.8, 4) is 0 Å². The lowest BCUT2D eigenvalue weighted by molar-refractivity contribution is -0.148. The number of nitrogens with one attached hydrogen (secondary N) is 1. The predicted octanol–water partition coefficient (Wildman–Crippen LogP) is -0.969. The van der Waals surface area contributed by atoms with Crippen LogP contribution in [0.3, 0.4) is 0 Å². The summed E-state index contributed by atoms with van der Waals surface area (Å²) < 4.78 is 4.33. The van der Waals surface area contributed by atoms with Crippen molar-refractivity contribution in [1.82, 2.24) is 5.32 Å². The number of amides is 1. The lowest BCUT2D eigenvalue weighted by Gasteiger charge is -2.00. The highest BCUT2D eigenvalue weighted by molar-refractivity contribution is 6.20. The van der Waals surface area contributed by atoms with E-state index in [9.17, 15) is 14.4 Å². The first-order valence-corrected chi connectivity index (χ1v) is 3.23. The van der Waals surface area contributed by atoms with E-state index in [1.165, 1.54) is 0 Å². The van der Waals surface area contributed by atoms with E-state index in [0.717, 1.165) is 6.08 Å². The number of aldehydes is 1. The second kappa shape index (κ2) is 6.09. The van der Waals surface area contributed by atoms with Crippen molar-refractivity contribution < 1.29 is 19.1 Å². The molecule has 0 fully saturated rings. The number of carbonyl (C=O) groups excluding carboxylic acids is 3. The van der Waals surface area contributed by atoms with Gasteiger partial charge in [0.2, 0.25) is 12.2 Å². The van der Waals surface area contributed by atoms with E-state index in [4.69, 9.17) is 0 Å². The SMILES string of the molecule is C=CC(=O)NCCOC(=O)C=O. The van der Waals surface area contributed by atoms with Crippen molar-refractivity contribution >= 4 is 18.2 Å². The van der Waals surface area contributed by atoms with Crippen molar-refractivity contribution in [1.29, 1.82) is 0 Å². The van der Waals surface area contributed by atoms with Crippen LogP contribution in [0.4, 0.5) is 0 Å². The Kier molecular flexibility index (Phi) is 5.25. The van der Waals surface area contributed by atoms with Crippen LogP contribution in [0.5, 0.6) is 0 Å². The average Bonchev–Trinajstić information content (AvgIpc) is 2.11. The molecule has 0 aromatic heterocycles. The molecule has 0 aliphatic heterocycles. The van der Waals surface area contributed by atoms with Crippen LogP contribution in [0, 0.1) is 0 Å². The van der Waals surface area contributed by atoms with Gasteiger partial charge >= 0.3 is 5.97 Å². The molecule has 0 unspecified atom stereocenters. The molecule has 0 rings (SSSR count). The maximum Gasteiger partial charge on any atom is 0.371 e. The molecule has 0 saturated carbocycles. The molecular weight excluding hydrogens is 162 g/mol. The second-order valence-electron chi connectivity index (χ2n) is 1.78. The third-order valence-corrected chi connectivity index (χ3v) is 0.927. The minimum Gasteiger partial charge on any atom is -0.458 e. The number of hydrogen-bond acceptors (Lipinski definition) is 4. The normalized spacial score (nSPS) is 8.33. The van der Waals surface area contributed by atoms with E-state index in [1.54, 1.807) is 0 Å². The molecule has 12 heavy (non-hydrogen) atoms. The van der Waals surface area contributed by atoms with Gasteiger partial charge in [0.15, 0.2) is 0 Å². The minimum absolute atomic E-state index is 0.0167. The van der Waals surface area contributed by atoms with Crippen LogP contribution in [-0.4, -0.2) is 31.3 Å². The predicted molar refractivity (Wildman–Crippen MR) is 40.2 cm³/mol. The Morgan fingerprint density at radius 2 is 2.17 bits per heavy atom. The first-order valence-electron chi connectivity index (χ1n) is 3.23. The highest BCUT2D eigenvalue weighted by Crippen LogP contribution is 1.73. The fourth-order valence-corrected chi connectivity index (χ4v) is 0.432. The van der Waals surface area contributed by atoms with Crippen LogP contribution in [0.1, 0.15) is 0 Å². The molecule has 0 spiro atoms. The Balaban J connectivity index is 3.32. The van der Waals surface area contributed by atoms with Crippen molar-refractivity contribution in [2.24, 2.45) is 0 Å². The molecule has 0 atom stereocenters. The quantitative estimate of drug-likeness (QED) is 0.190. The van der Waals surface area contributed by atoms with E-state index in [0.29, 0.717) is 0 Å². The van der Waals surface area contributed by atoms with Gasteiger partial charge in [0, 0.05) is 0 Å². The lowest BCUT2D eigenvalue weighted by atomic mass is 10.5. The molecule has 0 saturated heterocycles. The summed E-state index contributed by atoms with van der Waals surface area (Å²) in [7, 11) is 0. The van der Waals surface area contributed by atoms with Gasteiger partial charge in [-0.1, -0.05) is 6.58 Å². The maximum absolute atomic E-state index is 10.5. The zero-order chi connectivity index (χ0) is 9.40. The fraction of sp³-hybridized carbons (Fsp3) is 0.286. The topological polar surface area (TPSA) is 72.5 Å². The van der Waals surface area contributed by atoms with Gasteiger partial charge in [-0.3, -0.25) is 9.59 Å². The van der Waals surface area contributed by atoms with E-state index in [2.05, 4.69) is 16.6 Å². The summed E-state index contributed by atoms with van der Waals surface area (Å²) in [6, 6.07) is 0. The molecule has 0 aromatic carbocycles. The average molecular weight is 171 g/mol. The molecule has 5 heteroatoms. The first kappa shape index (κ1) is 10.3. The molecule has 0 heterocycles. The Morgan fingerprint density at radius 1 is 1.50 bits per heavy atom. The third kappa shape index (κ3) is 5.16. The van der Waals surface area contributed by atoms with Crippen molar-refractivity contribution in [2.75, 3.05) is 13.2 Å². The van der Waals surface area contributed by atoms with Gasteiger partial charge in [0.05, 0.1) is 6.54 Å². The summed E-state index contributed by atoms with van der Waals surface area (Å²) in [6.07, 6.45) is 1.16. The molecule has 0 aromatic rings. The van der Waals surface area contributed by atoms with Gasteiger partial charge in [-0.25, -0.2) is 4.79 Å². The fourth-order valence-electron chi connectivity index (χ4n) is 0.432. The van der Waals surface area contributed by atoms with Gasteiger partial charge in [-0.15, -0.1) is 0 Å². The van der Waals surface area contributed by atoms with Crippen molar-refractivity contribution in [2.45, 2.75) is 0 Å². The standard InChI is InChI=1S/C7H9NO4/c1-2-6(10)8-3-4-12-7(11)5-9/h2,5H,1,3-4H2,(H,8,10). The van der Waals surface area contributed by atoms with Crippen LogP contribution in [0.15, 0.2) is 12.7 Å². The van der Waals surface area contributed by atoms with Crippen LogP contribution < -0.4 is 5.32 Å². The van der Waals surface area contributed by atoms with E-state index in [-0.39, 0.29) is 25.3 Å². The zero-order valence-corrected chi connectivity index (χ0v) is 6.41. The number of rotatable bonds is 5. The largest absolute Gasteiger partial charge is 0.458 e. The van der Waals surface area contributed by atoms with Crippen LogP contribution >= 0.6 is 0 Å². The molecule has 0 bridgehead atoms. The van der Waals surface area contributed by atoms with Crippen LogP contribution in [0.2, 0.25) is 0 Å². The number of ether oxygens (including phenoxy) is 1. The van der Waals surface area contributed by atoms with Gasteiger partial charge < -0.3 is 10.1 Å². The summed E-state index contributed by atoms with van der Waals surface area (Å²) in [5.41, 5.74) is 0. The van der Waals surface area contributed by atoms with Crippen molar-refractivity contribution in [3.05, 3.63) is 12.7 Å². The molecular formula is C7H9NO4. The zero-order valence-electron chi connectivity index (χ0n) is 6.41. The molecule has 0 aliphatic rings. The Labute approximate surface area is 69.4 Å². The van der Waals surface area contributed by atoms with E-state index in [1.807, 2.05) is 0 Å². The summed E-state index contributed by atoms with van der Waals surface area (Å²) >= 11 is 0. The van der Waals surface area contributed by atoms with Gasteiger partial charge in [0.25, 0.3) is 0 Å². The molecule has 1 amide bonds. The molecule has 1 N–H and O–H groups in total. The summed E-state index contributed by atoms with van der Waals surface area (Å²) in [5.74, 6) is -1.29. The number of carbonyl (C=O) groups is 3. The lowest BCUT2D eigenvalue weighted by Crippen LogP contribution is -2.26. The summed E-state index contributed by atoms with van der Waals surface area (Å²) in [5, 5.41) is 2.36. The Morgan fingerprint density at radius 3 is 2.67 bits per heavy atom. The summed E-state index contributed by atoms with van der Waals surface area (Å²) in [6.45, 7) is 3.37. The van der Waals surface area contributed by atoms with E-state index < -0.39 is 5.97 Å². The van der Waals surface area contributed by atoms with Gasteiger partial charge in [0.1, 0.15) is 6.61 Å². The first-order chi connectivity index (χ1) is 5.70. The number of esters is 1. The Bertz CT molecular complexity index is 178. The smallest absolute Gasteiger partial charge is 0.371 e. The molecule has 0 radical (unpaired) electrons. The van der Waals surface area contributed by atoms with E-state index >= 15 is 0 Å². The van der Waals surface area contributed by atoms with Gasteiger partial charge in [-0.2, -0.15) is 0 Å². The van der Waals surface area contributed by atoms with Crippen molar-refractivity contribution in [3.63, 3.8) is 0 Å². The Hall–Kier alpha value is -1.65. The molecule has 66 valence electrons. The number of hydrogen-bond donors (Lipinski definition) is 1. The highest BCUT2D eigenvalue weighted by Gasteiger charge is 1.98. The maximum atomic E-state index is 10.5. The minimum atomic E-state index is -0.942. The monoisotopic (exact) mass is 171 g/mol. The molecule has 5 nitrogen and oxygen atoms in total. The highest BCUT2D eigenvalue weighted by atomic mass is 16.5. The van der Waals surface area contributed by atoms with Crippen LogP contribution in [-0.2, 0) is 19.1 Å². The molecule has 0 aliphatic carbocycles. The third-order valence-electron chi connectivity index (χ3n) is 0.927. The van der Waals surface area contributed by atoms with Gasteiger partial charge in [-0.05, 0) is 6.08 Å². The second-order valence-corrected chi connectivity index (χ2v) is 1.78.